The van der Waals surface area contributed by atoms with Crippen LogP contribution in [-0.4, -0.2) is 53.6 Å². The minimum Gasteiger partial charge on any atom is -0.444 e. The number of thiophene rings is 1. The molecule has 0 bridgehead atoms. The van der Waals surface area contributed by atoms with Gasteiger partial charge in [0.1, 0.15) is 6.10 Å². The molecule has 1 atom stereocenters. The quantitative estimate of drug-likeness (QED) is 0.856. The van der Waals surface area contributed by atoms with Crippen molar-refractivity contribution in [1.29, 1.82) is 0 Å². The number of piperidine rings is 1. The third-order valence-corrected chi connectivity index (χ3v) is 5.40. The molecule has 22 heavy (non-hydrogen) atoms. The van der Waals surface area contributed by atoms with Gasteiger partial charge in [-0.1, -0.05) is 13.0 Å². The average molecular weight is 322 g/mol. The predicted octanol–water partition coefficient (Wildman–Crippen LogP) is 2.51. The van der Waals surface area contributed by atoms with Crippen molar-refractivity contribution in [1.82, 2.24) is 9.80 Å². The van der Waals surface area contributed by atoms with E-state index in [1.54, 1.807) is 11.3 Å². The molecule has 3 heterocycles. The number of likely N-dealkylation sites (tertiary alicyclic amines) is 1. The fourth-order valence-electron chi connectivity index (χ4n) is 3.15. The molecule has 2 saturated heterocycles. The molecule has 1 aromatic rings. The molecule has 0 saturated carbocycles. The van der Waals surface area contributed by atoms with E-state index >= 15 is 0 Å². The summed E-state index contributed by atoms with van der Waals surface area (Å²) in [7, 11) is 0. The number of rotatable bonds is 4. The third kappa shape index (κ3) is 3.27. The number of nitrogens with zero attached hydrogens (tertiary/aromatic N) is 2. The molecule has 0 radical (unpaired) electrons. The Hall–Kier alpha value is -1.56. The lowest BCUT2D eigenvalue weighted by Crippen LogP contribution is -2.47. The predicted molar refractivity (Wildman–Crippen MR) is 84.9 cm³/mol. The van der Waals surface area contributed by atoms with Crippen LogP contribution < -0.4 is 0 Å². The van der Waals surface area contributed by atoms with E-state index < -0.39 is 0 Å². The zero-order valence-corrected chi connectivity index (χ0v) is 13.7. The van der Waals surface area contributed by atoms with Crippen molar-refractivity contribution >= 4 is 23.3 Å². The minimum atomic E-state index is -0.185. The molecule has 3 rings (SSSR count). The molecular weight excluding hydrogens is 300 g/mol. The van der Waals surface area contributed by atoms with E-state index in [2.05, 4.69) is 0 Å². The van der Waals surface area contributed by atoms with Crippen LogP contribution >= 0.6 is 11.3 Å². The number of amides is 2. The second-order valence-electron chi connectivity index (χ2n) is 5.93. The van der Waals surface area contributed by atoms with Crippen LogP contribution in [0.5, 0.6) is 0 Å². The highest BCUT2D eigenvalue weighted by molar-refractivity contribution is 7.10. The number of hydrogen-bond acceptors (Lipinski definition) is 4. The summed E-state index contributed by atoms with van der Waals surface area (Å²) in [6.07, 6.45) is 2.90. The van der Waals surface area contributed by atoms with E-state index in [9.17, 15) is 9.59 Å². The maximum atomic E-state index is 12.3. The molecule has 0 N–H and O–H groups in total. The molecule has 120 valence electrons. The Morgan fingerprint density at radius 1 is 1.41 bits per heavy atom. The van der Waals surface area contributed by atoms with Gasteiger partial charge in [0, 0.05) is 24.0 Å². The first-order chi connectivity index (χ1) is 10.7. The van der Waals surface area contributed by atoms with E-state index in [-0.39, 0.29) is 24.1 Å². The maximum Gasteiger partial charge on any atom is 0.410 e. The fraction of sp³-hybridized carbons (Fsp3) is 0.625. The molecule has 2 aliphatic heterocycles. The van der Waals surface area contributed by atoms with Crippen LogP contribution in [0.4, 0.5) is 4.79 Å². The minimum absolute atomic E-state index is 0.0333. The van der Waals surface area contributed by atoms with Gasteiger partial charge >= 0.3 is 6.09 Å². The van der Waals surface area contributed by atoms with Crippen molar-refractivity contribution in [2.75, 3.05) is 19.6 Å². The largest absolute Gasteiger partial charge is 0.444 e. The smallest absolute Gasteiger partial charge is 0.410 e. The highest BCUT2D eigenvalue weighted by Crippen LogP contribution is 2.24. The lowest BCUT2D eigenvalue weighted by molar-refractivity contribution is -0.131. The Balaban J connectivity index is 1.50. The number of carbonyl (C=O) groups excluding carboxylic acids is 2. The molecule has 2 amide bonds. The van der Waals surface area contributed by atoms with Gasteiger partial charge in [-0.25, -0.2) is 4.79 Å². The second-order valence-corrected chi connectivity index (χ2v) is 6.97. The summed E-state index contributed by atoms with van der Waals surface area (Å²) in [6.45, 7) is 4.20. The molecule has 0 aromatic carbocycles. The maximum absolute atomic E-state index is 12.3. The highest BCUT2D eigenvalue weighted by atomic mass is 32.1. The van der Waals surface area contributed by atoms with E-state index in [4.69, 9.17) is 4.74 Å². The molecule has 0 aliphatic carbocycles. The van der Waals surface area contributed by atoms with Gasteiger partial charge in [0.05, 0.1) is 13.0 Å². The molecule has 5 nitrogen and oxygen atoms in total. The van der Waals surface area contributed by atoms with Crippen LogP contribution in [0.25, 0.3) is 0 Å². The lowest BCUT2D eigenvalue weighted by atomic mass is 10.0. The summed E-state index contributed by atoms with van der Waals surface area (Å²) in [6, 6.07) is 4.19. The normalized spacial score (nSPS) is 23.0. The molecule has 6 heteroatoms. The zero-order valence-electron chi connectivity index (χ0n) is 12.9. The van der Waals surface area contributed by atoms with Crippen LogP contribution in [0.2, 0.25) is 0 Å². The van der Waals surface area contributed by atoms with Crippen molar-refractivity contribution in [2.24, 2.45) is 0 Å². The van der Waals surface area contributed by atoms with Crippen molar-refractivity contribution in [3.05, 3.63) is 22.4 Å². The Kier molecular flexibility index (Phi) is 4.66. The summed E-state index contributed by atoms with van der Waals surface area (Å²) in [4.78, 5) is 29.1. The van der Waals surface area contributed by atoms with Crippen molar-refractivity contribution < 1.29 is 14.3 Å². The Bertz CT molecular complexity index is 524. The summed E-state index contributed by atoms with van der Waals surface area (Å²) in [5, 5.41) is 2.00. The lowest BCUT2D eigenvalue weighted by Gasteiger charge is -2.35. The van der Waals surface area contributed by atoms with E-state index in [0.29, 0.717) is 13.0 Å². The van der Waals surface area contributed by atoms with Crippen LogP contribution in [0.15, 0.2) is 17.5 Å². The number of cyclic esters (lactones) is 1. The first kappa shape index (κ1) is 15.3. The zero-order chi connectivity index (χ0) is 15.5. The van der Waals surface area contributed by atoms with Crippen molar-refractivity contribution in [2.45, 2.75) is 44.8 Å². The Labute approximate surface area is 134 Å². The molecule has 1 aromatic heterocycles. The van der Waals surface area contributed by atoms with Crippen molar-refractivity contribution in [3.8, 4) is 0 Å². The molecule has 2 fully saturated rings. The summed E-state index contributed by atoms with van der Waals surface area (Å²) in [5.41, 5.74) is 0. The number of carbonyl (C=O) groups is 2. The fourth-order valence-corrected chi connectivity index (χ4v) is 3.85. The average Bonchev–Trinajstić information content (AvgIpc) is 3.17. The highest BCUT2D eigenvalue weighted by Gasteiger charge is 2.37. The molecule has 2 aliphatic rings. The summed E-state index contributed by atoms with van der Waals surface area (Å²) in [5.74, 6) is 0.191. The standard InChI is InChI=1S/C16H22N2O3S/c1-2-13-11-18(16(20)21-13)12-5-7-17(8-6-12)15(19)10-14-4-3-9-22-14/h3-4,9,12-13H,2,5-8,10-11H2,1H3. The Morgan fingerprint density at radius 2 is 2.18 bits per heavy atom. The van der Waals surface area contributed by atoms with Gasteiger partial charge in [-0.3, -0.25) is 4.79 Å². The van der Waals surface area contributed by atoms with E-state index in [1.807, 2.05) is 34.2 Å². The van der Waals surface area contributed by atoms with Gasteiger partial charge in [0.25, 0.3) is 0 Å². The monoisotopic (exact) mass is 322 g/mol. The number of hydrogen-bond donors (Lipinski definition) is 0. The first-order valence-electron chi connectivity index (χ1n) is 7.94. The van der Waals surface area contributed by atoms with Gasteiger partial charge in [-0.05, 0) is 30.7 Å². The SMILES string of the molecule is CCC1CN(C2CCN(C(=O)Cc3cccs3)CC2)C(=O)O1. The van der Waals surface area contributed by atoms with Crippen LogP contribution in [0.3, 0.4) is 0 Å². The molecule has 0 spiro atoms. The molecule has 1 unspecified atom stereocenters. The second kappa shape index (κ2) is 6.69. The third-order valence-electron chi connectivity index (χ3n) is 4.52. The van der Waals surface area contributed by atoms with Gasteiger partial charge in [-0.15, -0.1) is 11.3 Å². The van der Waals surface area contributed by atoms with E-state index in [0.717, 1.165) is 37.2 Å². The van der Waals surface area contributed by atoms with Crippen LogP contribution in [0.1, 0.15) is 31.1 Å². The van der Waals surface area contributed by atoms with Gasteiger partial charge < -0.3 is 14.5 Å². The van der Waals surface area contributed by atoms with Crippen molar-refractivity contribution in [3.63, 3.8) is 0 Å². The summed E-state index contributed by atoms with van der Waals surface area (Å²) >= 11 is 1.62. The number of ether oxygens (including phenoxy) is 1. The van der Waals surface area contributed by atoms with Gasteiger partial charge in [0.2, 0.25) is 5.91 Å². The summed E-state index contributed by atoms with van der Waals surface area (Å²) < 4.78 is 5.33. The van der Waals surface area contributed by atoms with Gasteiger partial charge in [-0.2, -0.15) is 0 Å². The van der Waals surface area contributed by atoms with Gasteiger partial charge in [0.15, 0.2) is 0 Å². The first-order valence-corrected chi connectivity index (χ1v) is 8.82. The van der Waals surface area contributed by atoms with Crippen LogP contribution in [0, 0.1) is 0 Å². The Morgan fingerprint density at radius 3 is 2.77 bits per heavy atom. The molecular formula is C16H22N2O3S. The van der Waals surface area contributed by atoms with E-state index in [1.165, 1.54) is 0 Å². The topological polar surface area (TPSA) is 49.9 Å². The van der Waals surface area contributed by atoms with Crippen LogP contribution in [-0.2, 0) is 16.0 Å².